The van der Waals surface area contributed by atoms with Crippen molar-refractivity contribution in [1.29, 1.82) is 0 Å². The minimum atomic E-state index is -0.814. The molecule has 0 heterocycles. The highest BCUT2D eigenvalue weighted by atomic mass is 16.5. The molecule has 38 heavy (non-hydrogen) atoms. The first-order valence-corrected chi connectivity index (χ1v) is 13.0. The molecule has 0 saturated carbocycles. The maximum Gasteiger partial charge on any atom is 0.149 e. The van der Waals surface area contributed by atoms with Crippen LogP contribution in [0.3, 0.4) is 0 Å². The number of aliphatic hydroxyl groups is 1. The Morgan fingerprint density at radius 1 is 0.500 bits per heavy atom. The molecule has 0 aliphatic rings. The quantitative estimate of drug-likeness (QED) is 0.259. The lowest BCUT2D eigenvalue weighted by atomic mass is 9.99. The first-order valence-electron chi connectivity index (χ1n) is 13.0. The van der Waals surface area contributed by atoms with Gasteiger partial charge < -0.3 is 19.3 Å². The highest BCUT2D eigenvalue weighted by Gasteiger charge is 2.21. The Labute approximate surface area is 226 Å². The second-order valence-corrected chi connectivity index (χ2v) is 11.5. The molecule has 0 aromatic heterocycles. The van der Waals surface area contributed by atoms with Crippen LogP contribution in [0.5, 0.6) is 17.2 Å². The second-order valence-electron chi connectivity index (χ2n) is 11.5. The third-order valence-electron chi connectivity index (χ3n) is 5.72. The average Bonchev–Trinajstić information content (AvgIpc) is 2.86. The number of hydrogen-bond acceptors (Lipinski definition) is 4. The van der Waals surface area contributed by atoms with Crippen LogP contribution in [0.4, 0.5) is 0 Å². The summed E-state index contributed by atoms with van der Waals surface area (Å²) in [5, 5.41) is 11.2. The maximum absolute atomic E-state index is 11.2. The van der Waals surface area contributed by atoms with Gasteiger partial charge in [0.05, 0.1) is 0 Å². The van der Waals surface area contributed by atoms with Crippen molar-refractivity contribution in [2.45, 2.75) is 65.0 Å². The van der Waals surface area contributed by atoms with E-state index in [-0.39, 0.29) is 11.7 Å². The van der Waals surface area contributed by atoms with Crippen molar-refractivity contribution in [1.82, 2.24) is 0 Å². The summed E-state index contributed by atoms with van der Waals surface area (Å²) in [7, 11) is 0. The zero-order valence-corrected chi connectivity index (χ0v) is 23.1. The predicted molar refractivity (Wildman–Crippen MR) is 153 cm³/mol. The van der Waals surface area contributed by atoms with Crippen molar-refractivity contribution < 1.29 is 19.3 Å². The Bertz CT molecular complexity index is 1300. The van der Waals surface area contributed by atoms with Gasteiger partial charge in [-0.05, 0) is 88.1 Å². The van der Waals surface area contributed by atoms with E-state index in [0.717, 1.165) is 22.4 Å². The fourth-order valence-corrected chi connectivity index (χ4v) is 4.22. The molecule has 0 amide bonds. The van der Waals surface area contributed by atoms with E-state index in [9.17, 15) is 5.11 Å². The summed E-state index contributed by atoms with van der Waals surface area (Å²) in [4.78, 5) is 0. The molecule has 0 fully saturated rings. The first-order chi connectivity index (χ1) is 18.0. The molecule has 2 atom stereocenters. The molecule has 0 radical (unpaired) electrons. The molecule has 0 saturated heterocycles. The van der Waals surface area contributed by atoms with Gasteiger partial charge in [-0.15, -0.1) is 0 Å². The van der Waals surface area contributed by atoms with E-state index >= 15 is 0 Å². The van der Waals surface area contributed by atoms with Gasteiger partial charge in [-0.25, -0.2) is 0 Å². The van der Waals surface area contributed by atoms with Crippen LogP contribution in [0.2, 0.25) is 0 Å². The van der Waals surface area contributed by atoms with Gasteiger partial charge in [-0.3, -0.25) is 0 Å². The van der Waals surface area contributed by atoms with Crippen molar-refractivity contribution in [3.05, 3.63) is 125 Å². The van der Waals surface area contributed by atoms with Crippen molar-refractivity contribution in [3.8, 4) is 17.2 Å². The highest BCUT2D eigenvalue weighted by Crippen LogP contribution is 2.36. The minimum absolute atomic E-state index is 0.277. The SMILES string of the molecule is CC(C)(C)Oc1ccc(C(Oc2cc(OC(C)(C)C)cc(C(O)c3ccccc3)c2)c2ccccc2)cc1. The summed E-state index contributed by atoms with van der Waals surface area (Å²) in [6, 6.07) is 33.4. The number of aliphatic hydroxyl groups excluding tert-OH is 1. The Hall–Kier alpha value is -3.76. The molecule has 2 unspecified atom stereocenters. The third kappa shape index (κ3) is 7.62. The molecule has 0 bridgehead atoms. The predicted octanol–water partition coefficient (Wildman–Crippen LogP) is 8.29. The van der Waals surface area contributed by atoms with Gasteiger partial charge >= 0.3 is 0 Å². The Morgan fingerprint density at radius 2 is 0.974 bits per heavy atom. The smallest absolute Gasteiger partial charge is 0.149 e. The molecule has 198 valence electrons. The Morgan fingerprint density at radius 3 is 1.53 bits per heavy atom. The highest BCUT2D eigenvalue weighted by molar-refractivity contribution is 5.44. The number of ether oxygens (including phenoxy) is 3. The fourth-order valence-electron chi connectivity index (χ4n) is 4.22. The number of hydrogen-bond donors (Lipinski definition) is 1. The summed E-state index contributed by atoms with van der Waals surface area (Å²) in [5.41, 5.74) is 2.83. The summed E-state index contributed by atoms with van der Waals surface area (Å²) >= 11 is 0. The summed E-state index contributed by atoms with van der Waals surface area (Å²) in [5.74, 6) is 2.06. The van der Waals surface area contributed by atoms with E-state index < -0.39 is 11.7 Å². The molecular weight excluding hydrogens is 472 g/mol. The zero-order chi connectivity index (χ0) is 27.3. The lowest BCUT2D eigenvalue weighted by Crippen LogP contribution is -2.23. The summed E-state index contributed by atoms with van der Waals surface area (Å²) in [6.07, 6.45) is -1.18. The van der Waals surface area contributed by atoms with Gasteiger partial charge in [0, 0.05) is 6.07 Å². The molecule has 4 nitrogen and oxygen atoms in total. The second kappa shape index (κ2) is 11.3. The van der Waals surface area contributed by atoms with Crippen LogP contribution in [0.25, 0.3) is 0 Å². The van der Waals surface area contributed by atoms with Gasteiger partial charge in [0.1, 0.15) is 40.7 Å². The summed E-state index contributed by atoms with van der Waals surface area (Å²) in [6.45, 7) is 12.1. The van der Waals surface area contributed by atoms with Crippen LogP contribution in [-0.2, 0) is 0 Å². The van der Waals surface area contributed by atoms with Crippen LogP contribution < -0.4 is 14.2 Å². The largest absolute Gasteiger partial charge is 0.488 e. The van der Waals surface area contributed by atoms with Crippen molar-refractivity contribution in [3.63, 3.8) is 0 Å². The van der Waals surface area contributed by atoms with Gasteiger partial charge in [0.2, 0.25) is 0 Å². The number of benzene rings is 4. The molecule has 4 aromatic rings. The van der Waals surface area contributed by atoms with Crippen LogP contribution in [0, 0.1) is 0 Å². The fraction of sp³-hybridized carbons (Fsp3) is 0.294. The van der Waals surface area contributed by atoms with E-state index in [2.05, 4.69) is 12.1 Å². The minimum Gasteiger partial charge on any atom is -0.488 e. The molecule has 0 aliphatic carbocycles. The lowest BCUT2D eigenvalue weighted by Gasteiger charge is -2.25. The molecular formula is C34H38O4. The van der Waals surface area contributed by atoms with E-state index in [1.807, 2.05) is 133 Å². The Balaban J connectivity index is 1.73. The van der Waals surface area contributed by atoms with Crippen molar-refractivity contribution >= 4 is 0 Å². The van der Waals surface area contributed by atoms with Gasteiger partial charge in [0.25, 0.3) is 0 Å². The van der Waals surface area contributed by atoms with Crippen LogP contribution in [-0.4, -0.2) is 16.3 Å². The van der Waals surface area contributed by atoms with Crippen LogP contribution in [0.15, 0.2) is 103 Å². The van der Waals surface area contributed by atoms with E-state index in [0.29, 0.717) is 17.1 Å². The molecule has 0 aliphatic heterocycles. The molecule has 4 rings (SSSR count). The molecule has 1 N–H and O–H groups in total. The van der Waals surface area contributed by atoms with Gasteiger partial charge in [0.15, 0.2) is 0 Å². The zero-order valence-electron chi connectivity index (χ0n) is 23.1. The van der Waals surface area contributed by atoms with Gasteiger partial charge in [-0.1, -0.05) is 72.8 Å². The molecule has 0 spiro atoms. The van der Waals surface area contributed by atoms with Gasteiger partial charge in [-0.2, -0.15) is 0 Å². The first kappa shape index (κ1) is 27.3. The third-order valence-corrected chi connectivity index (χ3v) is 5.72. The number of rotatable bonds is 8. The van der Waals surface area contributed by atoms with Crippen LogP contribution in [0.1, 0.15) is 76.0 Å². The van der Waals surface area contributed by atoms with Crippen LogP contribution >= 0.6 is 0 Å². The normalized spacial score (nSPS) is 13.4. The van der Waals surface area contributed by atoms with E-state index in [1.54, 1.807) is 0 Å². The standard InChI is InChI=1S/C34H38O4/c1-33(2,3)37-28-19-17-26(18-20-28)32(25-15-11-8-12-16-25)36-29-21-27(22-30(23-29)38-34(4,5)6)31(35)24-13-9-7-10-14-24/h7-23,31-32,35H,1-6H3. The average molecular weight is 511 g/mol. The van der Waals surface area contributed by atoms with Crippen molar-refractivity contribution in [2.75, 3.05) is 0 Å². The van der Waals surface area contributed by atoms with Crippen molar-refractivity contribution in [2.24, 2.45) is 0 Å². The topological polar surface area (TPSA) is 47.9 Å². The monoisotopic (exact) mass is 510 g/mol. The molecule has 4 aromatic carbocycles. The Kier molecular flexibility index (Phi) is 8.13. The summed E-state index contributed by atoms with van der Waals surface area (Å²) < 4.78 is 18.9. The maximum atomic E-state index is 11.2. The van der Waals surface area contributed by atoms with E-state index in [1.165, 1.54) is 0 Å². The molecule has 4 heteroatoms. The van der Waals surface area contributed by atoms with E-state index in [4.69, 9.17) is 14.2 Å². The lowest BCUT2D eigenvalue weighted by molar-refractivity contribution is 0.129.